The molecule has 0 amide bonds. The Morgan fingerprint density at radius 3 is 2.85 bits per heavy atom. The van der Waals surface area contributed by atoms with Gasteiger partial charge in [-0.2, -0.15) is 0 Å². The van der Waals surface area contributed by atoms with Gasteiger partial charge in [0.15, 0.2) is 0 Å². The van der Waals surface area contributed by atoms with Gasteiger partial charge in [-0.05, 0) is 25.7 Å². The topological polar surface area (TPSA) is 18.5 Å². The van der Waals surface area contributed by atoms with Crippen LogP contribution in [0.4, 0.5) is 0 Å². The van der Waals surface area contributed by atoms with E-state index in [0.29, 0.717) is 6.10 Å². The van der Waals surface area contributed by atoms with E-state index in [9.17, 15) is 0 Å². The van der Waals surface area contributed by atoms with Crippen molar-refractivity contribution in [3.05, 3.63) is 24.2 Å². The SMILES string of the molecule is [B]1C=COC=C1OC1CCCCC1. The number of hydrogen-bond acceptors (Lipinski definition) is 2. The van der Waals surface area contributed by atoms with Gasteiger partial charge in [-0.1, -0.05) is 12.4 Å². The highest BCUT2D eigenvalue weighted by Gasteiger charge is 2.16. The molecule has 1 radical (unpaired) electrons. The summed E-state index contributed by atoms with van der Waals surface area (Å²) in [5, 5.41) is 0. The average Bonchev–Trinajstić information content (AvgIpc) is 2.21. The molecule has 2 rings (SSSR count). The summed E-state index contributed by atoms with van der Waals surface area (Å²) >= 11 is 0. The average molecular weight is 177 g/mol. The van der Waals surface area contributed by atoms with E-state index in [0.717, 1.165) is 5.66 Å². The molecule has 0 aromatic rings. The van der Waals surface area contributed by atoms with Crippen molar-refractivity contribution in [2.24, 2.45) is 0 Å². The molecule has 69 valence electrons. The van der Waals surface area contributed by atoms with E-state index in [-0.39, 0.29) is 0 Å². The van der Waals surface area contributed by atoms with E-state index in [1.807, 2.05) is 13.3 Å². The van der Waals surface area contributed by atoms with E-state index < -0.39 is 0 Å². The first kappa shape index (κ1) is 8.73. The van der Waals surface area contributed by atoms with Crippen molar-refractivity contribution in [3.8, 4) is 0 Å². The monoisotopic (exact) mass is 177 g/mol. The molecule has 0 saturated heterocycles. The summed E-state index contributed by atoms with van der Waals surface area (Å²) in [5.74, 6) is 1.86. The summed E-state index contributed by atoms with van der Waals surface area (Å²) in [7, 11) is 1.94. The number of hydrogen-bond donors (Lipinski definition) is 0. The fraction of sp³-hybridized carbons (Fsp3) is 0.600. The summed E-state index contributed by atoms with van der Waals surface area (Å²) in [6.45, 7) is 0. The van der Waals surface area contributed by atoms with Crippen LogP contribution in [0.5, 0.6) is 0 Å². The summed E-state index contributed by atoms with van der Waals surface area (Å²) in [6, 6.07) is 0. The second-order valence-corrected chi connectivity index (χ2v) is 3.53. The van der Waals surface area contributed by atoms with Gasteiger partial charge in [0.05, 0.1) is 18.0 Å². The molecule has 1 aliphatic carbocycles. The van der Waals surface area contributed by atoms with Gasteiger partial charge >= 0.3 is 0 Å². The van der Waals surface area contributed by atoms with Crippen LogP contribution >= 0.6 is 0 Å². The molecule has 2 aliphatic rings. The minimum atomic E-state index is 0.409. The smallest absolute Gasteiger partial charge is 0.238 e. The fourth-order valence-electron chi connectivity index (χ4n) is 1.77. The molecule has 13 heavy (non-hydrogen) atoms. The zero-order valence-corrected chi connectivity index (χ0v) is 7.74. The summed E-state index contributed by atoms with van der Waals surface area (Å²) in [5.41, 5.74) is 0.856. The third kappa shape index (κ3) is 2.54. The van der Waals surface area contributed by atoms with Crippen LogP contribution in [-0.2, 0) is 9.47 Å². The Kier molecular flexibility index (Phi) is 2.96. The van der Waals surface area contributed by atoms with E-state index in [4.69, 9.17) is 9.47 Å². The van der Waals surface area contributed by atoms with Gasteiger partial charge in [0.1, 0.15) is 6.26 Å². The van der Waals surface area contributed by atoms with Crippen LogP contribution in [-0.4, -0.2) is 13.4 Å². The second kappa shape index (κ2) is 4.40. The quantitative estimate of drug-likeness (QED) is 0.602. The van der Waals surface area contributed by atoms with Crippen molar-refractivity contribution < 1.29 is 9.47 Å². The first-order valence-electron chi connectivity index (χ1n) is 4.97. The molecule has 1 fully saturated rings. The van der Waals surface area contributed by atoms with E-state index in [2.05, 4.69) is 0 Å². The third-order valence-electron chi connectivity index (χ3n) is 2.46. The van der Waals surface area contributed by atoms with Crippen molar-refractivity contribution in [2.75, 3.05) is 0 Å². The van der Waals surface area contributed by atoms with Crippen LogP contribution in [0, 0.1) is 0 Å². The van der Waals surface area contributed by atoms with Crippen LogP contribution in [0.15, 0.2) is 24.2 Å². The van der Waals surface area contributed by atoms with Crippen LogP contribution in [0.2, 0.25) is 0 Å². The minimum absolute atomic E-state index is 0.409. The number of ether oxygens (including phenoxy) is 2. The van der Waals surface area contributed by atoms with Gasteiger partial charge < -0.3 is 9.47 Å². The van der Waals surface area contributed by atoms with Crippen LogP contribution in [0.3, 0.4) is 0 Å². The van der Waals surface area contributed by atoms with E-state index in [1.54, 1.807) is 12.5 Å². The maximum Gasteiger partial charge on any atom is 0.238 e. The van der Waals surface area contributed by atoms with Crippen LogP contribution < -0.4 is 0 Å². The Morgan fingerprint density at radius 1 is 1.31 bits per heavy atom. The molecular weight excluding hydrogens is 163 g/mol. The summed E-state index contributed by atoms with van der Waals surface area (Å²) < 4.78 is 10.8. The Morgan fingerprint density at radius 2 is 2.15 bits per heavy atom. The molecule has 0 aromatic carbocycles. The maximum atomic E-state index is 5.76. The molecule has 0 spiro atoms. The molecule has 2 nitrogen and oxygen atoms in total. The highest BCUT2D eigenvalue weighted by molar-refractivity contribution is 6.50. The lowest BCUT2D eigenvalue weighted by atomic mass is 9.76. The Labute approximate surface area is 79.8 Å². The van der Waals surface area contributed by atoms with Gasteiger partial charge in [-0.15, -0.1) is 0 Å². The van der Waals surface area contributed by atoms with Crippen molar-refractivity contribution in [2.45, 2.75) is 38.2 Å². The Hall–Kier alpha value is -0.855. The second-order valence-electron chi connectivity index (χ2n) is 3.53. The fourth-order valence-corrected chi connectivity index (χ4v) is 1.77. The molecule has 0 aromatic heterocycles. The van der Waals surface area contributed by atoms with Gasteiger partial charge in [0.2, 0.25) is 7.28 Å². The van der Waals surface area contributed by atoms with Gasteiger partial charge in [0, 0.05) is 0 Å². The largest absolute Gasteiger partial charge is 0.502 e. The van der Waals surface area contributed by atoms with E-state index in [1.165, 1.54) is 32.1 Å². The Balaban J connectivity index is 1.79. The molecule has 1 heterocycles. The minimum Gasteiger partial charge on any atom is -0.502 e. The highest BCUT2D eigenvalue weighted by atomic mass is 16.5. The molecule has 3 heteroatoms. The molecule has 0 N–H and O–H groups in total. The number of rotatable bonds is 2. The lowest BCUT2D eigenvalue weighted by molar-refractivity contribution is 0.0908. The van der Waals surface area contributed by atoms with Crippen molar-refractivity contribution in [1.82, 2.24) is 0 Å². The third-order valence-corrected chi connectivity index (χ3v) is 2.46. The van der Waals surface area contributed by atoms with Crippen LogP contribution in [0.25, 0.3) is 0 Å². The zero-order valence-electron chi connectivity index (χ0n) is 7.74. The standard InChI is InChI=1S/C10H14BO2/c1-2-4-9(5-3-1)13-10-8-12-7-6-11-10/h6-9H,1-5H2. The molecule has 1 saturated carbocycles. The van der Waals surface area contributed by atoms with Crippen LogP contribution in [0.1, 0.15) is 32.1 Å². The highest BCUT2D eigenvalue weighted by Crippen LogP contribution is 2.22. The maximum absolute atomic E-state index is 5.76. The van der Waals surface area contributed by atoms with Gasteiger partial charge in [-0.3, -0.25) is 0 Å². The predicted octanol–water partition coefficient (Wildman–Crippen LogP) is 2.34. The molecule has 0 atom stereocenters. The van der Waals surface area contributed by atoms with E-state index >= 15 is 0 Å². The summed E-state index contributed by atoms with van der Waals surface area (Å²) in [6.07, 6.45) is 10.1. The lowest BCUT2D eigenvalue weighted by Gasteiger charge is -2.24. The van der Waals surface area contributed by atoms with Crippen molar-refractivity contribution >= 4 is 7.28 Å². The first-order chi connectivity index (χ1) is 6.45. The van der Waals surface area contributed by atoms with Gasteiger partial charge in [0.25, 0.3) is 0 Å². The summed E-state index contributed by atoms with van der Waals surface area (Å²) in [4.78, 5) is 0. The van der Waals surface area contributed by atoms with Gasteiger partial charge in [-0.25, -0.2) is 0 Å². The van der Waals surface area contributed by atoms with Crippen molar-refractivity contribution in [1.29, 1.82) is 0 Å². The molecule has 1 aliphatic heterocycles. The zero-order chi connectivity index (χ0) is 8.93. The molecule has 0 unspecified atom stereocenters. The normalized spacial score (nSPS) is 22.9. The first-order valence-corrected chi connectivity index (χ1v) is 4.97. The van der Waals surface area contributed by atoms with Crippen molar-refractivity contribution in [3.63, 3.8) is 0 Å². The Bertz CT molecular complexity index is 217. The molecular formula is C10H14BO2. The molecule has 0 bridgehead atoms. The lowest BCUT2D eigenvalue weighted by Crippen LogP contribution is -2.18. The predicted molar refractivity (Wildman–Crippen MR) is 52.0 cm³/mol.